The van der Waals surface area contributed by atoms with Crippen molar-refractivity contribution in [1.29, 1.82) is 0 Å². The minimum Gasteiger partial charge on any atom is -0.356 e. The molecule has 1 aliphatic rings. The number of amides is 2. The van der Waals surface area contributed by atoms with Crippen molar-refractivity contribution in [2.24, 2.45) is 5.92 Å². The van der Waals surface area contributed by atoms with Crippen molar-refractivity contribution in [2.75, 3.05) is 19.6 Å². The van der Waals surface area contributed by atoms with Crippen LogP contribution in [0.3, 0.4) is 0 Å². The van der Waals surface area contributed by atoms with Crippen LogP contribution in [0.15, 0.2) is 54.6 Å². The van der Waals surface area contributed by atoms with Crippen LogP contribution in [0.4, 0.5) is 0 Å². The zero-order chi connectivity index (χ0) is 19.9. The number of carbonyl (C=O) groups excluding carboxylic acids is 2. The molecule has 1 fully saturated rings. The van der Waals surface area contributed by atoms with Crippen molar-refractivity contribution < 1.29 is 9.59 Å². The smallest absolute Gasteiger partial charge is 0.253 e. The highest BCUT2D eigenvalue weighted by atomic mass is 16.2. The second-order valence-corrected chi connectivity index (χ2v) is 7.87. The van der Waals surface area contributed by atoms with Crippen molar-refractivity contribution >= 4 is 11.8 Å². The van der Waals surface area contributed by atoms with E-state index in [4.69, 9.17) is 0 Å². The molecule has 1 aliphatic heterocycles. The fourth-order valence-corrected chi connectivity index (χ4v) is 3.65. The SMILES string of the molecule is CC(C)c1ccc(CCNC(=O)C2CCN(C(=O)c3ccccc3)CC2)cc1. The van der Waals surface area contributed by atoms with E-state index < -0.39 is 0 Å². The van der Waals surface area contributed by atoms with E-state index in [1.54, 1.807) is 0 Å². The summed E-state index contributed by atoms with van der Waals surface area (Å²) < 4.78 is 0. The molecule has 148 valence electrons. The third-order valence-electron chi connectivity index (χ3n) is 5.53. The highest BCUT2D eigenvalue weighted by Gasteiger charge is 2.27. The summed E-state index contributed by atoms with van der Waals surface area (Å²) >= 11 is 0. The molecule has 0 aliphatic carbocycles. The lowest BCUT2D eigenvalue weighted by atomic mass is 9.95. The van der Waals surface area contributed by atoms with Crippen LogP contribution >= 0.6 is 0 Å². The van der Waals surface area contributed by atoms with Crippen LogP contribution in [0.5, 0.6) is 0 Å². The topological polar surface area (TPSA) is 49.4 Å². The summed E-state index contributed by atoms with van der Waals surface area (Å²) in [6.45, 7) is 6.32. The number of carbonyl (C=O) groups is 2. The first-order valence-electron chi connectivity index (χ1n) is 10.3. The molecule has 1 saturated heterocycles. The molecule has 1 N–H and O–H groups in total. The molecule has 28 heavy (non-hydrogen) atoms. The molecule has 2 aromatic carbocycles. The van der Waals surface area contributed by atoms with Crippen LogP contribution in [0.2, 0.25) is 0 Å². The first-order chi connectivity index (χ1) is 13.5. The number of rotatable bonds is 6. The van der Waals surface area contributed by atoms with E-state index in [1.807, 2.05) is 35.2 Å². The summed E-state index contributed by atoms with van der Waals surface area (Å²) in [6, 6.07) is 18.0. The van der Waals surface area contributed by atoms with Crippen LogP contribution < -0.4 is 5.32 Å². The molecule has 0 aromatic heterocycles. The third-order valence-corrected chi connectivity index (χ3v) is 5.53. The molecule has 0 saturated carbocycles. The maximum absolute atomic E-state index is 12.5. The van der Waals surface area contributed by atoms with Gasteiger partial charge in [-0.25, -0.2) is 0 Å². The van der Waals surface area contributed by atoms with Gasteiger partial charge in [-0.1, -0.05) is 56.3 Å². The Morgan fingerprint density at radius 3 is 2.25 bits per heavy atom. The highest BCUT2D eigenvalue weighted by Crippen LogP contribution is 2.19. The van der Waals surface area contributed by atoms with Gasteiger partial charge in [0.05, 0.1) is 0 Å². The quantitative estimate of drug-likeness (QED) is 0.825. The van der Waals surface area contributed by atoms with E-state index in [2.05, 4.69) is 43.4 Å². The summed E-state index contributed by atoms with van der Waals surface area (Å²) in [5.74, 6) is 0.714. The molecule has 2 amide bonds. The Balaban J connectivity index is 1.41. The normalized spacial score (nSPS) is 14.9. The summed E-state index contributed by atoms with van der Waals surface area (Å²) in [6.07, 6.45) is 2.30. The van der Waals surface area contributed by atoms with Gasteiger partial charge < -0.3 is 10.2 Å². The molecule has 0 bridgehead atoms. The second kappa shape index (κ2) is 9.54. The van der Waals surface area contributed by atoms with Crippen LogP contribution in [-0.4, -0.2) is 36.3 Å². The maximum atomic E-state index is 12.5. The third kappa shape index (κ3) is 5.22. The Labute approximate surface area is 167 Å². The number of piperidine rings is 1. The van der Waals surface area contributed by atoms with Gasteiger partial charge in [-0.3, -0.25) is 9.59 Å². The summed E-state index contributed by atoms with van der Waals surface area (Å²) in [5.41, 5.74) is 3.30. The first kappa shape index (κ1) is 20.1. The number of hydrogen-bond donors (Lipinski definition) is 1. The van der Waals surface area contributed by atoms with Crippen molar-refractivity contribution in [3.63, 3.8) is 0 Å². The van der Waals surface area contributed by atoms with Crippen molar-refractivity contribution in [1.82, 2.24) is 10.2 Å². The Bertz CT molecular complexity index is 776. The van der Waals surface area contributed by atoms with E-state index in [0.29, 0.717) is 31.1 Å². The zero-order valence-corrected chi connectivity index (χ0v) is 16.9. The molecule has 0 spiro atoms. The van der Waals surface area contributed by atoms with E-state index in [-0.39, 0.29) is 17.7 Å². The van der Waals surface area contributed by atoms with E-state index in [9.17, 15) is 9.59 Å². The highest BCUT2D eigenvalue weighted by molar-refractivity contribution is 5.94. The lowest BCUT2D eigenvalue weighted by Crippen LogP contribution is -2.43. The Morgan fingerprint density at radius 2 is 1.64 bits per heavy atom. The summed E-state index contributed by atoms with van der Waals surface area (Å²) in [4.78, 5) is 26.8. The number of nitrogens with zero attached hydrogens (tertiary/aromatic N) is 1. The molecule has 2 aromatic rings. The van der Waals surface area contributed by atoms with E-state index in [0.717, 1.165) is 19.3 Å². The predicted molar refractivity (Wildman–Crippen MR) is 112 cm³/mol. The van der Waals surface area contributed by atoms with Crippen molar-refractivity contribution in [2.45, 2.75) is 39.0 Å². The monoisotopic (exact) mass is 378 g/mol. The van der Waals surface area contributed by atoms with Crippen LogP contribution in [-0.2, 0) is 11.2 Å². The molecule has 0 atom stereocenters. The van der Waals surface area contributed by atoms with Gasteiger partial charge in [0.1, 0.15) is 0 Å². The van der Waals surface area contributed by atoms with E-state index in [1.165, 1.54) is 11.1 Å². The fraction of sp³-hybridized carbons (Fsp3) is 0.417. The van der Waals surface area contributed by atoms with Gasteiger partial charge in [0.25, 0.3) is 5.91 Å². The van der Waals surface area contributed by atoms with Crippen LogP contribution in [0, 0.1) is 5.92 Å². The van der Waals surface area contributed by atoms with Gasteiger partial charge in [0, 0.05) is 31.1 Å². The molecular weight excluding hydrogens is 348 g/mol. The van der Waals surface area contributed by atoms with Crippen molar-refractivity contribution in [3.05, 3.63) is 71.3 Å². The number of hydrogen-bond acceptors (Lipinski definition) is 2. The Morgan fingerprint density at radius 1 is 1.00 bits per heavy atom. The van der Waals surface area contributed by atoms with Gasteiger partial charge >= 0.3 is 0 Å². The van der Waals surface area contributed by atoms with Crippen LogP contribution in [0.25, 0.3) is 0 Å². The second-order valence-electron chi connectivity index (χ2n) is 7.87. The first-order valence-corrected chi connectivity index (χ1v) is 10.3. The lowest BCUT2D eigenvalue weighted by molar-refractivity contribution is -0.126. The number of likely N-dealkylation sites (tertiary alicyclic amines) is 1. The van der Waals surface area contributed by atoms with E-state index >= 15 is 0 Å². The Hall–Kier alpha value is -2.62. The molecule has 0 unspecified atom stereocenters. The minimum absolute atomic E-state index is 0.00291. The van der Waals surface area contributed by atoms with Crippen LogP contribution in [0.1, 0.15) is 54.1 Å². The molecule has 0 radical (unpaired) electrons. The van der Waals surface area contributed by atoms with Gasteiger partial charge in [-0.2, -0.15) is 0 Å². The molecule has 1 heterocycles. The van der Waals surface area contributed by atoms with Gasteiger partial charge in [0.15, 0.2) is 0 Å². The zero-order valence-electron chi connectivity index (χ0n) is 16.9. The summed E-state index contributed by atoms with van der Waals surface area (Å²) in [5, 5.41) is 3.07. The maximum Gasteiger partial charge on any atom is 0.253 e. The molecule has 4 nitrogen and oxygen atoms in total. The molecule has 4 heteroatoms. The minimum atomic E-state index is 0.00291. The summed E-state index contributed by atoms with van der Waals surface area (Å²) in [7, 11) is 0. The average Bonchev–Trinajstić information content (AvgIpc) is 2.74. The van der Waals surface area contributed by atoms with Gasteiger partial charge in [-0.15, -0.1) is 0 Å². The van der Waals surface area contributed by atoms with Gasteiger partial charge in [-0.05, 0) is 48.4 Å². The Kier molecular flexibility index (Phi) is 6.85. The molecule has 3 rings (SSSR count). The van der Waals surface area contributed by atoms with Gasteiger partial charge in [0.2, 0.25) is 5.91 Å². The lowest BCUT2D eigenvalue weighted by Gasteiger charge is -2.31. The number of benzene rings is 2. The average molecular weight is 379 g/mol. The molecular formula is C24H30N2O2. The van der Waals surface area contributed by atoms with Crippen molar-refractivity contribution in [3.8, 4) is 0 Å². The fourth-order valence-electron chi connectivity index (χ4n) is 3.65. The predicted octanol–water partition coefficient (Wildman–Crippen LogP) is 4.02. The number of nitrogens with one attached hydrogen (secondary N) is 1. The largest absolute Gasteiger partial charge is 0.356 e. The standard InChI is InChI=1S/C24H30N2O2/c1-18(2)20-10-8-19(9-11-20)12-15-25-23(27)21-13-16-26(17-14-21)24(28)22-6-4-3-5-7-22/h3-11,18,21H,12-17H2,1-2H3,(H,25,27).